The van der Waals surface area contributed by atoms with E-state index in [1.54, 1.807) is 6.07 Å². The van der Waals surface area contributed by atoms with Gasteiger partial charge in [-0.2, -0.15) is 0 Å². The van der Waals surface area contributed by atoms with E-state index in [1.165, 1.54) is 0 Å². The summed E-state index contributed by atoms with van der Waals surface area (Å²) in [6, 6.07) is 7.29. The molecule has 1 N–H and O–H groups in total. The van der Waals surface area contributed by atoms with E-state index in [0.29, 0.717) is 49.6 Å². The van der Waals surface area contributed by atoms with Gasteiger partial charge in [0.2, 0.25) is 5.91 Å². The van der Waals surface area contributed by atoms with Crippen LogP contribution in [0, 0.1) is 17.8 Å². The van der Waals surface area contributed by atoms with Crippen LogP contribution >= 0.6 is 0 Å². The molecule has 1 aromatic carbocycles. The standard InChI is InChI=1S/C21H27NO4/c1-3-16(23)18-19(24)14-6-4-5-7-17(14)26-21(18)8-10-22(11-9-21)20(25)15-12-13(15)2/h4-7,13,15-16,18,23H,3,8-12H2,1-2H3/t13-,15-,16?,18?/m0/s1. The minimum absolute atomic E-state index is 0.0307. The van der Waals surface area contributed by atoms with Crippen LogP contribution in [0.2, 0.25) is 0 Å². The molecule has 1 aromatic rings. The Morgan fingerprint density at radius 2 is 2.00 bits per heavy atom. The minimum atomic E-state index is -0.735. The highest BCUT2D eigenvalue weighted by Crippen LogP contribution is 2.46. The lowest BCUT2D eigenvalue weighted by molar-refractivity contribution is -0.139. The van der Waals surface area contributed by atoms with Gasteiger partial charge in [-0.3, -0.25) is 9.59 Å². The Balaban J connectivity index is 1.59. The lowest BCUT2D eigenvalue weighted by Gasteiger charge is -2.49. The van der Waals surface area contributed by atoms with Crippen LogP contribution in [0.3, 0.4) is 0 Å². The van der Waals surface area contributed by atoms with E-state index in [0.717, 1.165) is 6.42 Å². The average molecular weight is 357 g/mol. The van der Waals surface area contributed by atoms with Crippen molar-refractivity contribution in [3.63, 3.8) is 0 Å². The van der Waals surface area contributed by atoms with Crippen LogP contribution in [0.15, 0.2) is 24.3 Å². The first-order valence-corrected chi connectivity index (χ1v) is 9.76. The number of fused-ring (bicyclic) bond motifs is 1. The molecular weight excluding hydrogens is 330 g/mol. The van der Waals surface area contributed by atoms with E-state index < -0.39 is 17.6 Å². The van der Waals surface area contributed by atoms with Gasteiger partial charge in [0.25, 0.3) is 0 Å². The van der Waals surface area contributed by atoms with Gasteiger partial charge >= 0.3 is 0 Å². The molecule has 3 aliphatic rings. The van der Waals surface area contributed by atoms with E-state index in [4.69, 9.17) is 4.74 Å². The van der Waals surface area contributed by atoms with Gasteiger partial charge in [-0.1, -0.05) is 26.0 Å². The number of Topliss-reactive ketones (excluding diaryl/α,β-unsaturated/α-hetero) is 1. The maximum Gasteiger partial charge on any atom is 0.225 e. The Morgan fingerprint density at radius 3 is 2.62 bits per heavy atom. The highest BCUT2D eigenvalue weighted by atomic mass is 16.5. The van der Waals surface area contributed by atoms with Gasteiger partial charge in [0.15, 0.2) is 5.78 Å². The second-order valence-corrected chi connectivity index (χ2v) is 8.13. The van der Waals surface area contributed by atoms with Gasteiger partial charge in [0.1, 0.15) is 11.4 Å². The zero-order chi connectivity index (χ0) is 18.5. The van der Waals surface area contributed by atoms with E-state index >= 15 is 0 Å². The molecule has 1 amide bonds. The monoisotopic (exact) mass is 357 g/mol. The molecule has 5 heteroatoms. The number of hydrogen-bond acceptors (Lipinski definition) is 4. The Bertz CT molecular complexity index is 722. The van der Waals surface area contributed by atoms with Crippen molar-refractivity contribution in [2.24, 2.45) is 17.8 Å². The molecule has 5 nitrogen and oxygen atoms in total. The number of hydrogen-bond donors (Lipinski definition) is 1. The SMILES string of the molecule is CCC(O)C1C(=O)c2ccccc2OC12CCN(C(=O)[C@H]1C[C@@H]1C)CC2. The Hall–Kier alpha value is -1.88. The summed E-state index contributed by atoms with van der Waals surface area (Å²) in [5, 5.41) is 10.6. The number of carbonyl (C=O) groups is 2. The Labute approximate surface area is 154 Å². The first-order chi connectivity index (χ1) is 12.5. The van der Waals surface area contributed by atoms with Gasteiger partial charge in [0, 0.05) is 31.8 Å². The highest BCUT2D eigenvalue weighted by molar-refractivity contribution is 6.02. The molecule has 2 fully saturated rings. The third kappa shape index (κ3) is 2.73. The van der Waals surface area contributed by atoms with Crippen LogP contribution in [0.1, 0.15) is 49.9 Å². The molecular formula is C21H27NO4. The van der Waals surface area contributed by atoms with Crippen molar-refractivity contribution in [2.45, 2.75) is 51.2 Å². The van der Waals surface area contributed by atoms with E-state index in [2.05, 4.69) is 6.92 Å². The van der Waals surface area contributed by atoms with Crippen molar-refractivity contribution in [3.05, 3.63) is 29.8 Å². The van der Waals surface area contributed by atoms with Gasteiger partial charge < -0.3 is 14.7 Å². The second-order valence-electron chi connectivity index (χ2n) is 8.13. The number of carbonyl (C=O) groups excluding carboxylic acids is 2. The molecule has 4 atom stereocenters. The molecule has 0 radical (unpaired) electrons. The number of para-hydroxylation sites is 1. The zero-order valence-corrected chi connectivity index (χ0v) is 15.5. The van der Waals surface area contributed by atoms with E-state index in [-0.39, 0.29) is 17.6 Å². The van der Waals surface area contributed by atoms with Crippen molar-refractivity contribution < 1.29 is 19.4 Å². The first-order valence-electron chi connectivity index (χ1n) is 9.76. The Morgan fingerprint density at radius 1 is 1.35 bits per heavy atom. The largest absolute Gasteiger partial charge is 0.486 e. The summed E-state index contributed by atoms with van der Waals surface area (Å²) in [6.07, 6.45) is 1.93. The first kappa shape index (κ1) is 17.5. The molecule has 4 rings (SSSR count). The second kappa shape index (κ2) is 6.38. The van der Waals surface area contributed by atoms with Crippen LogP contribution in [0.4, 0.5) is 0 Å². The van der Waals surface area contributed by atoms with Crippen molar-refractivity contribution in [2.75, 3.05) is 13.1 Å². The molecule has 2 heterocycles. The lowest BCUT2D eigenvalue weighted by atomic mass is 9.70. The van der Waals surface area contributed by atoms with Crippen LogP contribution in [-0.2, 0) is 4.79 Å². The summed E-state index contributed by atoms with van der Waals surface area (Å²) in [6.45, 7) is 5.18. The van der Waals surface area contributed by atoms with Gasteiger partial charge in [-0.05, 0) is 30.9 Å². The number of nitrogens with zero attached hydrogens (tertiary/aromatic N) is 1. The number of amides is 1. The topological polar surface area (TPSA) is 66.8 Å². The van der Waals surface area contributed by atoms with E-state index in [9.17, 15) is 14.7 Å². The minimum Gasteiger partial charge on any atom is -0.486 e. The van der Waals surface area contributed by atoms with Crippen molar-refractivity contribution in [1.82, 2.24) is 4.90 Å². The number of aliphatic hydroxyl groups excluding tert-OH is 1. The highest BCUT2D eigenvalue weighted by Gasteiger charge is 2.54. The molecule has 1 saturated heterocycles. The predicted molar refractivity (Wildman–Crippen MR) is 97.0 cm³/mol. The van der Waals surface area contributed by atoms with Crippen molar-refractivity contribution >= 4 is 11.7 Å². The summed E-state index contributed by atoms with van der Waals surface area (Å²) < 4.78 is 6.37. The zero-order valence-electron chi connectivity index (χ0n) is 15.5. The maximum absolute atomic E-state index is 13.1. The van der Waals surface area contributed by atoms with Crippen molar-refractivity contribution in [3.8, 4) is 5.75 Å². The molecule has 140 valence electrons. The smallest absolute Gasteiger partial charge is 0.225 e. The number of benzene rings is 1. The number of ketones is 1. The molecule has 1 saturated carbocycles. The molecule has 1 aliphatic carbocycles. The maximum atomic E-state index is 13.1. The third-order valence-electron chi connectivity index (χ3n) is 6.47. The van der Waals surface area contributed by atoms with Crippen LogP contribution in [0.5, 0.6) is 5.75 Å². The summed E-state index contributed by atoms with van der Waals surface area (Å²) in [5.74, 6) is 0.912. The average Bonchev–Trinajstić information content (AvgIpc) is 3.38. The molecule has 2 unspecified atom stereocenters. The van der Waals surface area contributed by atoms with Crippen molar-refractivity contribution in [1.29, 1.82) is 0 Å². The number of likely N-dealkylation sites (tertiary alicyclic amines) is 1. The summed E-state index contributed by atoms with van der Waals surface area (Å²) in [5.41, 5.74) is -0.159. The summed E-state index contributed by atoms with van der Waals surface area (Å²) >= 11 is 0. The summed E-state index contributed by atoms with van der Waals surface area (Å²) in [4.78, 5) is 27.6. The quantitative estimate of drug-likeness (QED) is 0.903. The number of piperidine rings is 1. The van der Waals surface area contributed by atoms with E-state index in [1.807, 2.05) is 30.0 Å². The van der Waals surface area contributed by atoms with Crippen LogP contribution in [-0.4, -0.2) is 46.5 Å². The number of aliphatic hydroxyl groups is 1. The normalized spacial score (nSPS) is 30.5. The fraction of sp³-hybridized carbons (Fsp3) is 0.619. The fourth-order valence-corrected chi connectivity index (χ4v) is 4.63. The van der Waals surface area contributed by atoms with Crippen LogP contribution in [0.25, 0.3) is 0 Å². The Kier molecular flexibility index (Phi) is 4.30. The van der Waals surface area contributed by atoms with Gasteiger partial charge in [-0.15, -0.1) is 0 Å². The molecule has 2 aliphatic heterocycles. The van der Waals surface area contributed by atoms with Crippen LogP contribution < -0.4 is 4.74 Å². The number of ether oxygens (including phenoxy) is 1. The number of rotatable bonds is 3. The summed E-state index contributed by atoms with van der Waals surface area (Å²) in [7, 11) is 0. The molecule has 0 bridgehead atoms. The fourth-order valence-electron chi connectivity index (χ4n) is 4.63. The lowest BCUT2D eigenvalue weighted by Crippen LogP contribution is -2.60. The third-order valence-corrected chi connectivity index (χ3v) is 6.47. The molecule has 0 aromatic heterocycles. The molecule has 1 spiro atoms. The van der Waals surface area contributed by atoms with Gasteiger partial charge in [0.05, 0.1) is 17.6 Å². The van der Waals surface area contributed by atoms with Gasteiger partial charge in [-0.25, -0.2) is 0 Å². The predicted octanol–water partition coefficient (Wildman–Crippen LogP) is 2.67. The molecule has 26 heavy (non-hydrogen) atoms.